The lowest BCUT2D eigenvalue weighted by molar-refractivity contribution is -0.123. The SMILES string of the molecule is Cc1ccc(C(=O)C(C)OC(=O)c2cc(N3C(=O)C4C5C=CC(C5)C4C3=O)ccc2O)cc1. The van der Waals surface area contributed by atoms with E-state index < -0.39 is 12.1 Å². The van der Waals surface area contributed by atoms with Crippen LogP contribution in [0.25, 0.3) is 0 Å². The van der Waals surface area contributed by atoms with Crippen LogP contribution in [0.3, 0.4) is 0 Å². The summed E-state index contributed by atoms with van der Waals surface area (Å²) in [7, 11) is 0. The van der Waals surface area contributed by atoms with Crippen molar-refractivity contribution in [2.45, 2.75) is 26.4 Å². The highest BCUT2D eigenvalue weighted by Gasteiger charge is 2.59. The molecule has 2 aromatic rings. The molecular weight excluding hydrogens is 422 g/mol. The van der Waals surface area contributed by atoms with Crippen LogP contribution in [0.15, 0.2) is 54.6 Å². The number of anilines is 1. The molecule has 2 aliphatic carbocycles. The minimum absolute atomic E-state index is 0.0663. The first-order valence-electron chi connectivity index (χ1n) is 11.0. The Morgan fingerprint density at radius 3 is 2.21 bits per heavy atom. The van der Waals surface area contributed by atoms with E-state index in [1.807, 2.05) is 19.1 Å². The second kappa shape index (κ2) is 7.69. The van der Waals surface area contributed by atoms with E-state index in [0.29, 0.717) is 5.56 Å². The van der Waals surface area contributed by atoms with Crippen LogP contribution in [0.4, 0.5) is 5.69 Å². The number of carbonyl (C=O) groups excluding carboxylic acids is 4. The number of hydrogen-bond acceptors (Lipinski definition) is 6. The third kappa shape index (κ3) is 3.35. The number of amides is 2. The number of benzene rings is 2. The third-order valence-corrected chi connectivity index (χ3v) is 6.92. The molecule has 0 spiro atoms. The number of rotatable bonds is 5. The monoisotopic (exact) mass is 445 g/mol. The Hall–Kier alpha value is -3.74. The predicted octanol–water partition coefficient (Wildman–Crippen LogP) is 3.44. The van der Waals surface area contributed by atoms with E-state index in [9.17, 15) is 24.3 Å². The minimum atomic E-state index is -1.08. The van der Waals surface area contributed by atoms with Gasteiger partial charge in [0, 0.05) is 5.56 Å². The molecule has 1 N–H and O–H groups in total. The van der Waals surface area contributed by atoms with Gasteiger partial charge in [0.15, 0.2) is 6.10 Å². The molecule has 3 aliphatic rings. The predicted molar refractivity (Wildman–Crippen MR) is 119 cm³/mol. The molecule has 2 fully saturated rings. The van der Waals surface area contributed by atoms with Gasteiger partial charge in [-0.05, 0) is 50.3 Å². The fourth-order valence-corrected chi connectivity index (χ4v) is 5.21. The van der Waals surface area contributed by atoms with Crippen LogP contribution in [0.5, 0.6) is 5.75 Å². The first kappa shape index (κ1) is 21.1. The summed E-state index contributed by atoms with van der Waals surface area (Å²) in [4.78, 5) is 52.6. The van der Waals surface area contributed by atoms with Crippen molar-refractivity contribution in [3.63, 3.8) is 0 Å². The number of aromatic hydroxyl groups is 1. The number of Topliss-reactive ketones (excluding diaryl/α,β-unsaturated/α-hetero) is 1. The molecule has 2 amide bonds. The average molecular weight is 445 g/mol. The Bertz CT molecular complexity index is 1180. The van der Waals surface area contributed by atoms with E-state index in [0.717, 1.165) is 16.9 Å². The van der Waals surface area contributed by atoms with Crippen molar-refractivity contribution in [3.05, 3.63) is 71.3 Å². The Kier molecular flexibility index (Phi) is 4.92. The Balaban J connectivity index is 1.36. The fraction of sp³-hybridized carbons (Fsp3) is 0.308. The molecule has 1 aliphatic heterocycles. The summed E-state index contributed by atoms with van der Waals surface area (Å²) in [5, 5.41) is 10.3. The number of ether oxygens (including phenoxy) is 1. The van der Waals surface area contributed by atoms with Crippen molar-refractivity contribution in [1.82, 2.24) is 0 Å². The Morgan fingerprint density at radius 1 is 1.00 bits per heavy atom. The van der Waals surface area contributed by atoms with Crippen LogP contribution < -0.4 is 4.90 Å². The van der Waals surface area contributed by atoms with Crippen LogP contribution in [0.1, 0.15) is 39.6 Å². The van der Waals surface area contributed by atoms with Crippen LogP contribution in [-0.2, 0) is 14.3 Å². The molecule has 0 radical (unpaired) electrons. The number of phenols is 1. The molecule has 5 rings (SSSR count). The zero-order valence-corrected chi connectivity index (χ0v) is 18.2. The van der Waals surface area contributed by atoms with Crippen LogP contribution in [-0.4, -0.2) is 34.8 Å². The summed E-state index contributed by atoms with van der Waals surface area (Å²) in [5.74, 6) is -2.83. The zero-order chi connectivity index (χ0) is 23.4. The van der Waals surface area contributed by atoms with Gasteiger partial charge in [-0.3, -0.25) is 14.4 Å². The maximum Gasteiger partial charge on any atom is 0.342 e. The number of imide groups is 1. The molecule has 7 heteroatoms. The molecule has 33 heavy (non-hydrogen) atoms. The number of phenolic OH excluding ortho intramolecular Hbond substituents is 1. The maximum atomic E-state index is 13.0. The molecule has 2 bridgehead atoms. The van der Waals surface area contributed by atoms with Crippen molar-refractivity contribution in [1.29, 1.82) is 0 Å². The van der Waals surface area contributed by atoms with E-state index in [1.54, 1.807) is 24.3 Å². The second-order valence-electron chi connectivity index (χ2n) is 8.99. The molecule has 1 saturated carbocycles. The van der Waals surface area contributed by atoms with E-state index in [4.69, 9.17) is 4.74 Å². The number of hydrogen-bond donors (Lipinski definition) is 1. The zero-order valence-electron chi connectivity index (χ0n) is 18.2. The molecule has 1 saturated heterocycles. The summed E-state index contributed by atoms with van der Waals surface area (Å²) in [5.41, 5.74) is 1.40. The van der Waals surface area contributed by atoms with Gasteiger partial charge >= 0.3 is 5.97 Å². The number of fused-ring (bicyclic) bond motifs is 5. The van der Waals surface area contributed by atoms with Gasteiger partial charge in [-0.15, -0.1) is 0 Å². The molecule has 2 aromatic carbocycles. The van der Waals surface area contributed by atoms with E-state index in [1.165, 1.54) is 25.1 Å². The van der Waals surface area contributed by atoms with Gasteiger partial charge in [0.25, 0.3) is 0 Å². The number of esters is 1. The first-order chi connectivity index (χ1) is 15.8. The maximum absolute atomic E-state index is 13.0. The topological polar surface area (TPSA) is 101 Å². The lowest BCUT2D eigenvalue weighted by Gasteiger charge is -2.19. The van der Waals surface area contributed by atoms with Gasteiger partial charge in [-0.1, -0.05) is 42.0 Å². The Labute approximate surface area is 190 Å². The quantitative estimate of drug-likeness (QED) is 0.328. The number of aryl methyl sites for hydroxylation is 1. The molecule has 0 aromatic heterocycles. The van der Waals surface area contributed by atoms with E-state index in [-0.39, 0.29) is 58.3 Å². The van der Waals surface area contributed by atoms with Gasteiger partial charge < -0.3 is 9.84 Å². The average Bonchev–Trinajstić information content (AvgIpc) is 3.48. The van der Waals surface area contributed by atoms with Gasteiger partial charge in [0.1, 0.15) is 11.3 Å². The molecule has 1 heterocycles. The summed E-state index contributed by atoms with van der Waals surface area (Å²) in [6, 6.07) is 10.8. The highest BCUT2D eigenvalue weighted by molar-refractivity contribution is 6.23. The second-order valence-corrected chi connectivity index (χ2v) is 8.99. The van der Waals surface area contributed by atoms with Crippen molar-refractivity contribution >= 4 is 29.3 Å². The lowest BCUT2D eigenvalue weighted by atomic mass is 9.85. The van der Waals surface area contributed by atoms with Crippen molar-refractivity contribution in [2.75, 3.05) is 4.90 Å². The van der Waals surface area contributed by atoms with Gasteiger partial charge in [-0.2, -0.15) is 0 Å². The molecule has 5 unspecified atom stereocenters. The fourth-order valence-electron chi connectivity index (χ4n) is 5.21. The third-order valence-electron chi connectivity index (χ3n) is 6.92. The van der Waals surface area contributed by atoms with Crippen molar-refractivity contribution in [2.24, 2.45) is 23.7 Å². The highest BCUT2D eigenvalue weighted by Crippen LogP contribution is 2.53. The lowest BCUT2D eigenvalue weighted by Crippen LogP contribution is -2.33. The van der Waals surface area contributed by atoms with Gasteiger partial charge in [0.2, 0.25) is 17.6 Å². The molecule has 7 nitrogen and oxygen atoms in total. The van der Waals surface area contributed by atoms with Crippen LogP contribution >= 0.6 is 0 Å². The summed E-state index contributed by atoms with van der Waals surface area (Å²) < 4.78 is 5.31. The number of ketones is 1. The Morgan fingerprint density at radius 2 is 1.61 bits per heavy atom. The van der Waals surface area contributed by atoms with E-state index in [2.05, 4.69) is 0 Å². The summed E-state index contributed by atoms with van der Waals surface area (Å²) in [6.07, 6.45) is 3.75. The number of carbonyl (C=O) groups is 4. The largest absolute Gasteiger partial charge is 0.507 e. The molecule has 168 valence electrons. The van der Waals surface area contributed by atoms with Crippen LogP contribution in [0, 0.1) is 30.6 Å². The first-order valence-corrected chi connectivity index (χ1v) is 11.0. The van der Waals surface area contributed by atoms with Crippen LogP contribution in [0.2, 0.25) is 0 Å². The molecular formula is C26H23NO6. The normalized spacial score (nSPS) is 25.9. The smallest absolute Gasteiger partial charge is 0.342 e. The van der Waals surface area contributed by atoms with Gasteiger partial charge in [0.05, 0.1) is 17.5 Å². The summed E-state index contributed by atoms with van der Waals surface area (Å²) >= 11 is 0. The van der Waals surface area contributed by atoms with Crippen molar-refractivity contribution < 1.29 is 29.0 Å². The van der Waals surface area contributed by atoms with Gasteiger partial charge in [-0.25, -0.2) is 9.69 Å². The summed E-state index contributed by atoms with van der Waals surface area (Å²) in [6.45, 7) is 3.36. The number of allylic oxidation sites excluding steroid dienone is 2. The van der Waals surface area contributed by atoms with E-state index >= 15 is 0 Å². The van der Waals surface area contributed by atoms with Crippen molar-refractivity contribution in [3.8, 4) is 5.75 Å². The minimum Gasteiger partial charge on any atom is -0.507 e. The highest BCUT2D eigenvalue weighted by atomic mass is 16.5. The number of nitrogens with zero attached hydrogens (tertiary/aromatic N) is 1. The standard InChI is InChI=1S/C26H23NO6/c1-13-3-5-15(6-4-13)23(29)14(2)33-26(32)19-12-18(9-10-20(19)28)27-24(30)21-16-7-8-17(11-16)22(21)25(27)31/h3-10,12,14,16-17,21-22,28H,11H2,1-2H3. The molecule has 5 atom stereocenters.